The fourth-order valence-electron chi connectivity index (χ4n) is 8.06. The van der Waals surface area contributed by atoms with Crippen molar-refractivity contribution >= 4 is 11.9 Å². The highest BCUT2D eigenvalue weighted by Crippen LogP contribution is 2.14. The number of hydrogen-bond acceptors (Lipinski definition) is 5. The van der Waals surface area contributed by atoms with Crippen molar-refractivity contribution in [2.75, 3.05) is 19.8 Å². The van der Waals surface area contributed by atoms with Gasteiger partial charge in [-0.1, -0.05) is 251 Å². The highest BCUT2D eigenvalue weighted by atomic mass is 16.6. The maximum absolute atomic E-state index is 12.9. The van der Waals surface area contributed by atoms with Crippen LogP contribution in [0.2, 0.25) is 0 Å². The minimum atomic E-state index is -0.582. The van der Waals surface area contributed by atoms with Gasteiger partial charge in [0.15, 0.2) is 6.10 Å². The first-order chi connectivity index (χ1) is 35.6. The first-order valence-corrected chi connectivity index (χ1v) is 30.1. The van der Waals surface area contributed by atoms with Gasteiger partial charge in [-0.05, 0) is 122 Å². The number of esters is 2. The molecule has 0 N–H and O–H groups in total. The van der Waals surface area contributed by atoms with E-state index in [1.165, 1.54) is 122 Å². The summed E-state index contributed by atoms with van der Waals surface area (Å²) in [7, 11) is 0. The normalized spacial score (nSPS) is 13.1. The van der Waals surface area contributed by atoms with E-state index in [0.29, 0.717) is 19.4 Å². The van der Waals surface area contributed by atoms with Gasteiger partial charge in [-0.25, -0.2) is 0 Å². The van der Waals surface area contributed by atoms with Gasteiger partial charge in [-0.15, -0.1) is 0 Å². The Kier molecular flexibility index (Phi) is 58.4. The Morgan fingerprint density at radius 1 is 0.319 bits per heavy atom. The van der Waals surface area contributed by atoms with Gasteiger partial charge in [0, 0.05) is 19.4 Å². The maximum Gasteiger partial charge on any atom is 0.306 e. The van der Waals surface area contributed by atoms with Gasteiger partial charge in [0.1, 0.15) is 6.61 Å². The van der Waals surface area contributed by atoms with Crippen molar-refractivity contribution < 1.29 is 23.8 Å². The van der Waals surface area contributed by atoms with Crippen LogP contribution in [0.3, 0.4) is 0 Å². The molecule has 0 aromatic rings. The van der Waals surface area contributed by atoms with Crippen molar-refractivity contribution in [1.82, 2.24) is 0 Å². The number of carbonyl (C=O) groups excluding carboxylic acids is 2. The van der Waals surface area contributed by atoms with E-state index in [1.807, 2.05) is 0 Å². The van der Waals surface area contributed by atoms with Crippen molar-refractivity contribution in [3.8, 4) is 0 Å². The van der Waals surface area contributed by atoms with E-state index >= 15 is 0 Å². The molecule has 5 nitrogen and oxygen atoms in total. The average molecular weight is 998 g/mol. The minimum Gasteiger partial charge on any atom is -0.462 e. The highest BCUT2D eigenvalue weighted by Gasteiger charge is 2.17. The number of ether oxygens (including phenoxy) is 3. The first kappa shape index (κ1) is 68.3. The third kappa shape index (κ3) is 58.9. The van der Waals surface area contributed by atoms with Gasteiger partial charge < -0.3 is 14.2 Å². The molecule has 0 aliphatic heterocycles. The zero-order chi connectivity index (χ0) is 52.0. The van der Waals surface area contributed by atoms with Crippen LogP contribution in [0.5, 0.6) is 0 Å². The van der Waals surface area contributed by atoms with Crippen molar-refractivity contribution in [1.29, 1.82) is 0 Å². The van der Waals surface area contributed by atoms with Crippen LogP contribution in [0.25, 0.3) is 0 Å². The third-order valence-corrected chi connectivity index (χ3v) is 12.5. The standard InChI is InChI=1S/C67H112O5/c1-4-7-10-13-16-19-22-25-28-31-33-35-38-41-44-47-50-53-56-59-62-70-63-65(72-67(69)61-58-55-52-49-46-43-40-36-30-27-24-21-18-15-12-9-6-3)64-71-66(68)60-57-54-51-48-45-42-39-37-34-32-29-26-23-20-17-14-11-8-5-2/h7,9-10,12,16,18-19,21,25-30,33,35,40,43,49,52,65H,4-6,8,11,13-15,17,20,22-24,31-32,34,36-39,41-42,44-48,50-51,53-64H2,1-3H3/b10-7-,12-9-,19-16-,21-18-,28-25-,29-26-,30-27-,35-33-,43-40-,52-49-. The van der Waals surface area contributed by atoms with Gasteiger partial charge >= 0.3 is 11.9 Å². The molecular formula is C67H112O5. The summed E-state index contributed by atoms with van der Waals surface area (Å²) in [5, 5.41) is 0. The molecule has 1 atom stereocenters. The molecule has 5 heteroatoms. The molecule has 0 amide bonds. The number of carbonyl (C=O) groups is 2. The molecule has 72 heavy (non-hydrogen) atoms. The van der Waals surface area contributed by atoms with Crippen molar-refractivity contribution in [2.24, 2.45) is 0 Å². The predicted octanol–water partition coefficient (Wildman–Crippen LogP) is 20.9. The SMILES string of the molecule is CC/C=C\C/C=C\C/C=C\C/C=C\C/C=C\CCCC(=O)OC(COCCCCCCCCC/C=C\C/C=C\C/C=C\C/C=C\CC)COC(=O)CCCCCCCCCCC/C=C\CCCCCCCC. The first-order valence-electron chi connectivity index (χ1n) is 30.1. The van der Waals surface area contributed by atoms with E-state index in [4.69, 9.17) is 14.2 Å². The summed E-state index contributed by atoms with van der Waals surface area (Å²) in [5.74, 6) is -0.474. The Labute approximate surface area is 446 Å². The van der Waals surface area contributed by atoms with Crippen LogP contribution in [0.4, 0.5) is 0 Å². The third-order valence-electron chi connectivity index (χ3n) is 12.5. The molecule has 0 saturated carbocycles. The van der Waals surface area contributed by atoms with Crippen LogP contribution in [-0.4, -0.2) is 37.9 Å². The lowest BCUT2D eigenvalue weighted by Crippen LogP contribution is -2.30. The van der Waals surface area contributed by atoms with E-state index in [2.05, 4.69) is 142 Å². The number of unbranched alkanes of at least 4 members (excludes halogenated alkanes) is 23. The van der Waals surface area contributed by atoms with Crippen LogP contribution < -0.4 is 0 Å². The molecular weight excluding hydrogens is 885 g/mol. The Bertz CT molecular complexity index is 1450. The van der Waals surface area contributed by atoms with Crippen molar-refractivity contribution in [3.63, 3.8) is 0 Å². The molecule has 0 saturated heterocycles. The summed E-state index contributed by atoms with van der Waals surface area (Å²) >= 11 is 0. The van der Waals surface area contributed by atoms with Crippen LogP contribution >= 0.6 is 0 Å². The van der Waals surface area contributed by atoms with Gasteiger partial charge in [-0.2, -0.15) is 0 Å². The molecule has 0 aromatic heterocycles. The second-order valence-corrected chi connectivity index (χ2v) is 19.5. The number of hydrogen-bond donors (Lipinski definition) is 0. The topological polar surface area (TPSA) is 61.8 Å². The molecule has 1 unspecified atom stereocenters. The van der Waals surface area contributed by atoms with E-state index in [1.54, 1.807) is 0 Å². The summed E-state index contributed by atoms with van der Waals surface area (Å²) in [6.07, 6.45) is 86.6. The number of allylic oxidation sites excluding steroid dienone is 20. The van der Waals surface area contributed by atoms with E-state index in [9.17, 15) is 9.59 Å². The molecule has 0 bridgehead atoms. The summed E-state index contributed by atoms with van der Waals surface area (Å²) < 4.78 is 17.4. The maximum atomic E-state index is 12.9. The molecule has 0 spiro atoms. The molecule has 0 rings (SSSR count). The Morgan fingerprint density at radius 2 is 0.639 bits per heavy atom. The lowest BCUT2D eigenvalue weighted by Gasteiger charge is -2.18. The minimum absolute atomic E-state index is 0.0508. The Balaban J connectivity index is 4.39. The van der Waals surface area contributed by atoms with Gasteiger partial charge in [-0.3, -0.25) is 9.59 Å². The Hall–Kier alpha value is -3.70. The summed E-state index contributed by atoms with van der Waals surface area (Å²) in [6, 6.07) is 0. The lowest BCUT2D eigenvalue weighted by molar-refractivity contribution is -0.162. The molecule has 0 heterocycles. The molecule has 0 aliphatic carbocycles. The lowest BCUT2D eigenvalue weighted by atomic mass is 10.1. The van der Waals surface area contributed by atoms with Crippen LogP contribution in [0, 0.1) is 0 Å². The number of rotatable bonds is 54. The summed E-state index contributed by atoms with van der Waals surface area (Å²) in [4.78, 5) is 25.6. The van der Waals surface area contributed by atoms with Gasteiger partial charge in [0.2, 0.25) is 0 Å². The fraction of sp³-hybridized carbons (Fsp3) is 0.672. The molecule has 0 aromatic carbocycles. The van der Waals surface area contributed by atoms with Gasteiger partial charge in [0.25, 0.3) is 0 Å². The monoisotopic (exact) mass is 997 g/mol. The summed E-state index contributed by atoms with van der Waals surface area (Å²) in [6.45, 7) is 7.52. The van der Waals surface area contributed by atoms with E-state index in [-0.39, 0.29) is 25.2 Å². The van der Waals surface area contributed by atoms with Crippen molar-refractivity contribution in [2.45, 2.75) is 271 Å². The quantitative estimate of drug-likeness (QED) is 0.0345. The highest BCUT2D eigenvalue weighted by molar-refractivity contribution is 5.70. The van der Waals surface area contributed by atoms with E-state index in [0.717, 1.165) is 109 Å². The smallest absolute Gasteiger partial charge is 0.306 e. The van der Waals surface area contributed by atoms with E-state index < -0.39 is 6.10 Å². The molecule has 0 radical (unpaired) electrons. The average Bonchev–Trinajstić information content (AvgIpc) is 3.38. The second kappa shape index (κ2) is 61.6. The fourth-order valence-corrected chi connectivity index (χ4v) is 8.06. The van der Waals surface area contributed by atoms with Crippen LogP contribution in [0.1, 0.15) is 265 Å². The second-order valence-electron chi connectivity index (χ2n) is 19.5. The Morgan fingerprint density at radius 3 is 1.06 bits per heavy atom. The van der Waals surface area contributed by atoms with Crippen molar-refractivity contribution in [3.05, 3.63) is 122 Å². The summed E-state index contributed by atoms with van der Waals surface area (Å²) in [5.41, 5.74) is 0. The largest absolute Gasteiger partial charge is 0.462 e. The predicted molar refractivity (Wildman–Crippen MR) is 316 cm³/mol. The van der Waals surface area contributed by atoms with Gasteiger partial charge in [0.05, 0.1) is 6.61 Å². The van der Waals surface area contributed by atoms with Crippen LogP contribution in [0.15, 0.2) is 122 Å². The molecule has 0 aliphatic rings. The zero-order valence-electron chi connectivity index (χ0n) is 47.2. The molecule has 410 valence electrons. The molecule has 0 fully saturated rings. The van der Waals surface area contributed by atoms with Crippen LogP contribution in [-0.2, 0) is 23.8 Å². The zero-order valence-corrected chi connectivity index (χ0v) is 47.2.